The quantitative estimate of drug-likeness (QED) is 0.162. The lowest BCUT2D eigenvalue weighted by molar-refractivity contribution is 0.953. The lowest BCUT2D eigenvalue weighted by Gasteiger charge is -2.15. The van der Waals surface area contributed by atoms with Gasteiger partial charge in [-0.2, -0.15) is 9.97 Å². The number of nitrogens with zero attached hydrogens (tertiary/aromatic N) is 5. The molecule has 12 aromatic rings. The zero-order chi connectivity index (χ0) is 41.0. The summed E-state index contributed by atoms with van der Waals surface area (Å²) >= 11 is 0. The third kappa shape index (κ3) is 5.90. The second-order valence-corrected chi connectivity index (χ2v) is 15.6. The number of benzene rings is 9. The third-order valence-electron chi connectivity index (χ3n) is 12.0. The van der Waals surface area contributed by atoms with Crippen LogP contribution in [0.3, 0.4) is 0 Å². The molecular weight excluding hydrogens is 755 g/mol. The Hall–Kier alpha value is -8.41. The maximum Gasteiger partial charge on any atom is 0.238 e. The van der Waals surface area contributed by atoms with Gasteiger partial charge in [0, 0.05) is 38.2 Å². The van der Waals surface area contributed by atoms with Gasteiger partial charge in [0.25, 0.3) is 0 Å². The van der Waals surface area contributed by atoms with E-state index in [1.165, 1.54) is 33.0 Å². The van der Waals surface area contributed by atoms with Gasteiger partial charge in [0.15, 0.2) is 11.6 Å². The van der Waals surface area contributed by atoms with E-state index < -0.39 is 0 Å². The number of hydrogen-bond acceptors (Lipinski definition) is 3. The van der Waals surface area contributed by atoms with Crippen LogP contribution in [0.5, 0.6) is 0 Å². The van der Waals surface area contributed by atoms with Gasteiger partial charge in [0.1, 0.15) is 0 Å². The summed E-state index contributed by atoms with van der Waals surface area (Å²) < 4.78 is 4.65. The van der Waals surface area contributed by atoms with E-state index in [1.807, 2.05) is 36.4 Å². The van der Waals surface area contributed by atoms with Gasteiger partial charge in [-0.25, -0.2) is 4.98 Å². The van der Waals surface area contributed by atoms with E-state index >= 15 is 0 Å². The van der Waals surface area contributed by atoms with Crippen molar-refractivity contribution in [3.05, 3.63) is 224 Å². The Morgan fingerprint density at radius 2 is 0.645 bits per heavy atom. The molecule has 3 heterocycles. The first-order valence-electron chi connectivity index (χ1n) is 21.0. The summed E-state index contributed by atoms with van der Waals surface area (Å²) in [5.41, 5.74) is 14.5. The molecular formula is C57H37N5. The van der Waals surface area contributed by atoms with Crippen LogP contribution in [0, 0.1) is 0 Å². The van der Waals surface area contributed by atoms with Crippen LogP contribution in [-0.2, 0) is 0 Å². The molecule has 0 radical (unpaired) electrons. The Morgan fingerprint density at radius 1 is 0.258 bits per heavy atom. The van der Waals surface area contributed by atoms with Crippen LogP contribution in [0.1, 0.15) is 0 Å². The molecule has 0 saturated carbocycles. The fraction of sp³-hybridized carbons (Fsp3) is 0. The zero-order valence-electron chi connectivity index (χ0n) is 33.6. The summed E-state index contributed by atoms with van der Waals surface area (Å²) in [4.78, 5) is 15.4. The van der Waals surface area contributed by atoms with Gasteiger partial charge in [-0.1, -0.05) is 194 Å². The molecule has 290 valence electrons. The van der Waals surface area contributed by atoms with Crippen molar-refractivity contribution in [3.63, 3.8) is 0 Å². The molecule has 62 heavy (non-hydrogen) atoms. The highest BCUT2D eigenvalue weighted by Crippen LogP contribution is 2.43. The molecule has 0 atom stereocenters. The van der Waals surface area contributed by atoms with Crippen molar-refractivity contribution in [2.45, 2.75) is 0 Å². The minimum Gasteiger partial charge on any atom is -0.309 e. The van der Waals surface area contributed by atoms with Crippen molar-refractivity contribution < 1.29 is 0 Å². The molecule has 9 aromatic carbocycles. The highest BCUT2D eigenvalue weighted by Gasteiger charge is 2.23. The van der Waals surface area contributed by atoms with Gasteiger partial charge in [-0.3, -0.25) is 4.57 Å². The topological polar surface area (TPSA) is 48.5 Å². The van der Waals surface area contributed by atoms with Gasteiger partial charge in [-0.15, -0.1) is 0 Å². The van der Waals surface area contributed by atoms with E-state index in [2.05, 4.69) is 197 Å². The maximum absolute atomic E-state index is 5.19. The van der Waals surface area contributed by atoms with Gasteiger partial charge >= 0.3 is 0 Å². The Balaban J connectivity index is 1.03. The average molecular weight is 792 g/mol. The van der Waals surface area contributed by atoms with Gasteiger partial charge in [0.2, 0.25) is 5.95 Å². The van der Waals surface area contributed by atoms with Crippen LogP contribution in [0.4, 0.5) is 0 Å². The Kier molecular flexibility index (Phi) is 8.42. The monoisotopic (exact) mass is 791 g/mol. The predicted molar refractivity (Wildman–Crippen MR) is 256 cm³/mol. The first kappa shape index (κ1) is 35.5. The summed E-state index contributed by atoms with van der Waals surface area (Å²) in [6.45, 7) is 0. The Labute approximate surface area is 358 Å². The molecule has 3 aromatic heterocycles. The first-order chi connectivity index (χ1) is 30.8. The van der Waals surface area contributed by atoms with Gasteiger partial charge < -0.3 is 4.57 Å². The fourth-order valence-electron chi connectivity index (χ4n) is 9.13. The summed E-state index contributed by atoms with van der Waals surface area (Å²) in [6, 6.07) is 79.3. The summed E-state index contributed by atoms with van der Waals surface area (Å²) in [6.07, 6.45) is 0. The second kappa shape index (κ2) is 14.7. The predicted octanol–water partition coefficient (Wildman–Crippen LogP) is 14.4. The molecule has 0 aliphatic heterocycles. The van der Waals surface area contributed by atoms with E-state index in [0.717, 1.165) is 60.8 Å². The standard InChI is InChI=1S/C57H37N5/c1-4-16-38(17-5-1)39-28-30-40(31-29-39)41-32-34-42(35-33-41)45-22-10-13-25-48(45)61-49-26-14-11-23-46(49)53-51(61)36-37-52-54(53)47-24-12-15-27-50(47)62(52)57-59-55(43-18-6-2-7-19-43)58-56(60-57)44-20-8-3-9-21-44/h1-37H. The van der Waals surface area contributed by atoms with Crippen molar-refractivity contribution in [1.82, 2.24) is 24.1 Å². The largest absolute Gasteiger partial charge is 0.309 e. The molecule has 0 aliphatic carbocycles. The number of rotatable bonds is 7. The Bertz CT molecular complexity index is 3530. The average Bonchev–Trinajstić information content (AvgIpc) is 3.88. The van der Waals surface area contributed by atoms with Crippen LogP contribution in [0.15, 0.2) is 224 Å². The molecule has 0 N–H and O–H groups in total. The minimum absolute atomic E-state index is 0.577. The van der Waals surface area contributed by atoms with Crippen LogP contribution >= 0.6 is 0 Å². The number of aromatic nitrogens is 5. The highest BCUT2D eigenvalue weighted by atomic mass is 15.2. The number of hydrogen-bond donors (Lipinski definition) is 0. The van der Waals surface area contributed by atoms with Gasteiger partial charge in [-0.05, 0) is 58.1 Å². The van der Waals surface area contributed by atoms with E-state index in [0.29, 0.717) is 17.6 Å². The zero-order valence-corrected chi connectivity index (χ0v) is 33.6. The maximum atomic E-state index is 5.19. The van der Waals surface area contributed by atoms with Crippen molar-refractivity contribution in [1.29, 1.82) is 0 Å². The molecule has 0 amide bonds. The van der Waals surface area contributed by atoms with Crippen molar-refractivity contribution in [2.24, 2.45) is 0 Å². The number of fused-ring (bicyclic) bond motifs is 7. The molecule has 5 nitrogen and oxygen atoms in total. The van der Waals surface area contributed by atoms with Crippen LogP contribution in [0.25, 0.3) is 111 Å². The third-order valence-corrected chi connectivity index (χ3v) is 12.0. The molecule has 0 saturated heterocycles. The van der Waals surface area contributed by atoms with E-state index in [4.69, 9.17) is 15.0 Å². The van der Waals surface area contributed by atoms with E-state index in [1.54, 1.807) is 0 Å². The van der Waals surface area contributed by atoms with Crippen molar-refractivity contribution in [3.8, 4) is 67.8 Å². The van der Waals surface area contributed by atoms with Crippen molar-refractivity contribution in [2.75, 3.05) is 0 Å². The highest BCUT2D eigenvalue weighted by molar-refractivity contribution is 6.29. The summed E-state index contributed by atoms with van der Waals surface area (Å²) in [5.74, 6) is 1.83. The summed E-state index contributed by atoms with van der Waals surface area (Å²) in [5, 5.41) is 4.68. The van der Waals surface area contributed by atoms with Crippen molar-refractivity contribution >= 4 is 43.6 Å². The lowest BCUT2D eigenvalue weighted by Crippen LogP contribution is -2.06. The molecule has 0 fully saturated rings. The van der Waals surface area contributed by atoms with Crippen LogP contribution < -0.4 is 0 Å². The lowest BCUT2D eigenvalue weighted by atomic mass is 9.97. The van der Waals surface area contributed by atoms with E-state index in [9.17, 15) is 0 Å². The molecule has 0 unspecified atom stereocenters. The SMILES string of the molecule is c1ccc(-c2ccc(-c3ccc(-c4ccccc4-n4c5ccccc5c5c6c7ccccc7n(-c7nc(-c8ccccc8)nc(-c8ccccc8)n7)c6ccc54)cc3)cc2)cc1. The molecule has 5 heteroatoms. The van der Waals surface area contributed by atoms with E-state index in [-0.39, 0.29) is 0 Å². The first-order valence-corrected chi connectivity index (χ1v) is 21.0. The normalized spacial score (nSPS) is 11.5. The van der Waals surface area contributed by atoms with Crippen LogP contribution in [0.2, 0.25) is 0 Å². The summed E-state index contributed by atoms with van der Waals surface area (Å²) in [7, 11) is 0. The molecule has 0 aliphatic rings. The Morgan fingerprint density at radius 3 is 1.18 bits per heavy atom. The number of para-hydroxylation sites is 3. The second-order valence-electron chi connectivity index (χ2n) is 15.6. The minimum atomic E-state index is 0.577. The fourth-order valence-corrected chi connectivity index (χ4v) is 9.13. The molecule has 0 bridgehead atoms. The molecule has 12 rings (SSSR count). The van der Waals surface area contributed by atoms with Crippen LogP contribution in [-0.4, -0.2) is 24.1 Å². The molecule has 0 spiro atoms. The smallest absolute Gasteiger partial charge is 0.238 e. The van der Waals surface area contributed by atoms with Gasteiger partial charge in [0.05, 0.1) is 27.8 Å².